The van der Waals surface area contributed by atoms with E-state index < -0.39 is 12.0 Å². The lowest BCUT2D eigenvalue weighted by atomic mass is 9.90. The lowest BCUT2D eigenvalue weighted by Crippen LogP contribution is -2.44. The van der Waals surface area contributed by atoms with Crippen molar-refractivity contribution in [3.8, 4) is 0 Å². The monoisotopic (exact) mass is 435 g/mol. The molecule has 144 valence electrons. The Kier molecular flexibility index (Phi) is 4.41. The van der Waals surface area contributed by atoms with Crippen LogP contribution in [0.2, 0.25) is 15.1 Å². The van der Waals surface area contributed by atoms with Crippen LogP contribution >= 0.6 is 34.8 Å². The van der Waals surface area contributed by atoms with Crippen molar-refractivity contribution in [2.45, 2.75) is 18.5 Å². The summed E-state index contributed by atoms with van der Waals surface area (Å²) in [4.78, 5) is 28.0. The molecule has 0 N–H and O–H groups in total. The van der Waals surface area contributed by atoms with Crippen molar-refractivity contribution in [1.29, 1.82) is 0 Å². The third kappa shape index (κ3) is 2.61. The second-order valence-electron chi connectivity index (χ2n) is 7.25. The molecule has 8 heteroatoms. The van der Waals surface area contributed by atoms with E-state index in [1.807, 2.05) is 29.3 Å². The van der Waals surface area contributed by atoms with E-state index in [1.54, 1.807) is 18.2 Å². The molecule has 0 radical (unpaired) electrons. The standard InChI is InChI=1S/C20H16Cl3N3O2/c21-12-4-2-11(3-5-12)17-16-18(25-9-1-8-24(17)25)20(28)26(19(16)27)15-7-6-13(22)10-14(15)23/h2-7,10,16-18H,1,8-9H2/t16-,17+,18-/m1/s1. The SMILES string of the molecule is O=C1[C@H]2[C@H](C(=O)N1c1ccc(Cl)cc1Cl)N1CCCN1[C@H]2c1ccc(Cl)cc1. The first-order valence-electron chi connectivity index (χ1n) is 9.09. The van der Waals surface area contributed by atoms with Gasteiger partial charge < -0.3 is 0 Å². The number of imide groups is 1. The average molecular weight is 437 g/mol. The third-order valence-electron chi connectivity index (χ3n) is 5.77. The molecule has 3 heterocycles. The van der Waals surface area contributed by atoms with Crippen molar-refractivity contribution in [3.05, 3.63) is 63.1 Å². The van der Waals surface area contributed by atoms with E-state index in [-0.39, 0.29) is 22.9 Å². The Morgan fingerprint density at radius 3 is 2.11 bits per heavy atom. The molecule has 0 spiro atoms. The summed E-state index contributed by atoms with van der Waals surface area (Å²) in [7, 11) is 0. The number of hydrogen-bond donors (Lipinski definition) is 0. The van der Waals surface area contributed by atoms with E-state index in [0.29, 0.717) is 15.7 Å². The first-order valence-corrected chi connectivity index (χ1v) is 10.2. The number of halogens is 3. The fourth-order valence-electron chi connectivity index (χ4n) is 4.67. The molecular weight excluding hydrogens is 421 g/mol. The zero-order chi connectivity index (χ0) is 19.6. The molecule has 0 saturated carbocycles. The predicted octanol–water partition coefficient (Wildman–Crippen LogP) is 4.18. The lowest BCUT2D eigenvalue weighted by Gasteiger charge is -2.30. The van der Waals surface area contributed by atoms with Gasteiger partial charge in [-0.1, -0.05) is 46.9 Å². The maximum Gasteiger partial charge on any atom is 0.253 e. The van der Waals surface area contributed by atoms with Crippen LogP contribution in [0.15, 0.2) is 42.5 Å². The summed E-state index contributed by atoms with van der Waals surface area (Å²) < 4.78 is 0. The van der Waals surface area contributed by atoms with Gasteiger partial charge >= 0.3 is 0 Å². The van der Waals surface area contributed by atoms with Crippen LogP contribution in [0.25, 0.3) is 0 Å². The summed E-state index contributed by atoms with van der Waals surface area (Å²) in [5, 5.41) is 5.59. The van der Waals surface area contributed by atoms with Crippen LogP contribution in [-0.2, 0) is 9.59 Å². The number of hydrazine groups is 1. The topological polar surface area (TPSA) is 43.9 Å². The maximum atomic E-state index is 13.5. The van der Waals surface area contributed by atoms with Crippen molar-refractivity contribution in [3.63, 3.8) is 0 Å². The minimum atomic E-state index is -0.512. The minimum absolute atomic E-state index is 0.197. The van der Waals surface area contributed by atoms with Gasteiger partial charge in [-0.15, -0.1) is 0 Å². The molecule has 0 aromatic heterocycles. The van der Waals surface area contributed by atoms with E-state index in [4.69, 9.17) is 34.8 Å². The lowest BCUT2D eigenvalue weighted by molar-refractivity contribution is -0.126. The van der Waals surface area contributed by atoms with Gasteiger partial charge in [0.2, 0.25) is 5.91 Å². The fourth-order valence-corrected chi connectivity index (χ4v) is 5.29. The summed E-state index contributed by atoms with van der Waals surface area (Å²) in [5.41, 5.74) is 1.37. The maximum absolute atomic E-state index is 13.5. The van der Waals surface area contributed by atoms with E-state index in [2.05, 4.69) is 5.01 Å². The van der Waals surface area contributed by atoms with Gasteiger partial charge in [0.15, 0.2) is 0 Å². The number of hydrogen-bond acceptors (Lipinski definition) is 4. The molecule has 2 aromatic rings. The molecule has 2 aromatic carbocycles. The molecule has 28 heavy (non-hydrogen) atoms. The van der Waals surface area contributed by atoms with E-state index in [9.17, 15) is 9.59 Å². The highest BCUT2D eigenvalue weighted by molar-refractivity contribution is 6.38. The number of amides is 2. The quantitative estimate of drug-likeness (QED) is 0.663. The van der Waals surface area contributed by atoms with Crippen molar-refractivity contribution in [2.75, 3.05) is 18.0 Å². The van der Waals surface area contributed by atoms with Crippen LogP contribution in [0.3, 0.4) is 0 Å². The van der Waals surface area contributed by atoms with Crippen molar-refractivity contribution >= 4 is 52.3 Å². The van der Waals surface area contributed by atoms with Crippen LogP contribution in [-0.4, -0.2) is 41.0 Å². The van der Waals surface area contributed by atoms with Gasteiger partial charge in [-0.2, -0.15) is 0 Å². The highest BCUT2D eigenvalue weighted by atomic mass is 35.5. The Labute approximate surface area is 177 Å². The Morgan fingerprint density at radius 1 is 0.786 bits per heavy atom. The summed E-state index contributed by atoms with van der Waals surface area (Å²) in [6.45, 7) is 1.58. The molecule has 5 rings (SSSR count). The number of anilines is 1. The average Bonchev–Trinajstić information content (AvgIpc) is 3.30. The van der Waals surface area contributed by atoms with Gasteiger partial charge in [0.1, 0.15) is 6.04 Å². The number of benzene rings is 2. The summed E-state index contributed by atoms with van der Waals surface area (Å²) in [5.74, 6) is -0.947. The number of rotatable bonds is 2. The first-order chi connectivity index (χ1) is 13.5. The number of carbonyl (C=O) groups is 2. The van der Waals surface area contributed by atoms with E-state index in [1.165, 1.54) is 4.90 Å². The summed E-state index contributed by atoms with van der Waals surface area (Å²) in [6, 6.07) is 11.6. The second kappa shape index (κ2) is 6.71. The Hall–Kier alpha value is -1.63. The summed E-state index contributed by atoms with van der Waals surface area (Å²) in [6.07, 6.45) is 0.955. The Bertz CT molecular complexity index is 981. The van der Waals surface area contributed by atoms with Crippen LogP contribution in [0.5, 0.6) is 0 Å². The van der Waals surface area contributed by atoms with Crippen molar-refractivity contribution in [1.82, 2.24) is 10.0 Å². The number of carbonyl (C=O) groups excluding carboxylic acids is 2. The normalized spacial score (nSPS) is 27.5. The molecule has 2 amide bonds. The highest BCUT2D eigenvalue weighted by Crippen LogP contribution is 2.49. The van der Waals surface area contributed by atoms with Crippen LogP contribution in [0.1, 0.15) is 18.0 Å². The molecule has 3 aliphatic rings. The van der Waals surface area contributed by atoms with Gasteiger partial charge in [-0.05, 0) is 42.3 Å². The minimum Gasteiger partial charge on any atom is -0.274 e. The summed E-state index contributed by atoms with van der Waals surface area (Å²) >= 11 is 18.3. The van der Waals surface area contributed by atoms with Crippen molar-refractivity contribution < 1.29 is 9.59 Å². The predicted molar refractivity (Wildman–Crippen MR) is 108 cm³/mol. The molecule has 5 nitrogen and oxygen atoms in total. The Balaban J connectivity index is 1.59. The Morgan fingerprint density at radius 2 is 1.43 bits per heavy atom. The zero-order valence-electron chi connectivity index (χ0n) is 14.7. The number of nitrogens with zero attached hydrogens (tertiary/aromatic N) is 3. The fraction of sp³-hybridized carbons (Fsp3) is 0.300. The van der Waals surface area contributed by atoms with Gasteiger partial charge in [0.25, 0.3) is 5.91 Å². The van der Waals surface area contributed by atoms with Crippen LogP contribution in [0.4, 0.5) is 5.69 Å². The molecule has 3 atom stereocenters. The van der Waals surface area contributed by atoms with Crippen molar-refractivity contribution in [2.24, 2.45) is 5.92 Å². The first kappa shape index (κ1) is 18.4. The largest absolute Gasteiger partial charge is 0.274 e. The van der Waals surface area contributed by atoms with Gasteiger partial charge in [0, 0.05) is 23.1 Å². The molecule has 0 bridgehead atoms. The molecule has 0 aliphatic carbocycles. The molecule has 3 aliphatic heterocycles. The van der Waals surface area contributed by atoms with Crippen LogP contribution < -0.4 is 4.90 Å². The highest BCUT2D eigenvalue weighted by Gasteiger charge is 2.63. The molecule has 3 fully saturated rings. The van der Waals surface area contributed by atoms with Crippen LogP contribution in [0, 0.1) is 5.92 Å². The number of fused-ring (bicyclic) bond motifs is 3. The molecular formula is C20H16Cl3N3O2. The third-order valence-corrected chi connectivity index (χ3v) is 6.56. The van der Waals surface area contributed by atoms with E-state index in [0.717, 1.165) is 25.1 Å². The second-order valence-corrected chi connectivity index (χ2v) is 8.53. The zero-order valence-corrected chi connectivity index (χ0v) is 17.0. The van der Waals surface area contributed by atoms with Gasteiger partial charge in [-0.3, -0.25) is 9.59 Å². The van der Waals surface area contributed by atoms with E-state index >= 15 is 0 Å². The van der Waals surface area contributed by atoms with Gasteiger partial charge in [-0.25, -0.2) is 14.9 Å². The van der Waals surface area contributed by atoms with Gasteiger partial charge in [0.05, 0.1) is 22.7 Å². The smallest absolute Gasteiger partial charge is 0.253 e. The molecule has 0 unspecified atom stereocenters. The molecule has 3 saturated heterocycles.